The molecule has 0 bridgehead atoms. The van der Waals surface area contributed by atoms with E-state index in [1.165, 1.54) is 0 Å². The van der Waals surface area contributed by atoms with Crippen molar-refractivity contribution in [1.29, 1.82) is 0 Å². The van der Waals surface area contributed by atoms with E-state index in [9.17, 15) is 0 Å². The van der Waals surface area contributed by atoms with Gasteiger partial charge in [-0.25, -0.2) is 10.0 Å². The van der Waals surface area contributed by atoms with E-state index in [0.29, 0.717) is 0 Å². The molecule has 0 spiro atoms. The molecule has 3 heteroatoms. The maximum absolute atomic E-state index is 5.02. The van der Waals surface area contributed by atoms with Crippen molar-refractivity contribution in [2.75, 3.05) is 27.6 Å². The number of hydrazine groups is 1. The third-order valence-electron chi connectivity index (χ3n) is 1.14. The molecule has 0 amide bonds. The third kappa shape index (κ3) is 0.907. The Kier molecular flexibility index (Phi) is 1.27. The average Bonchev–Trinajstić information content (AvgIpc) is 1.91. The predicted octanol–water partition coefficient (Wildman–Crippen LogP) is -0.290. The summed E-state index contributed by atoms with van der Waals surface area (Å²) in [6, 6.07) is 0. The van der Waals surface area contributed by atoms with Crippen LogP contribution in [-0.4, -0.2) is 37.6 Å². The van der Waals surface area contributed by atoms with Crippen LogP contribution in [0.25, 0.3) is 0 Å². The lowest BCUT2D eigenvalue weighted by molar-refractivity contribution is 0.0894. The molecular formula is C4H10N2O. The van der Waals surface area contributed by atoms with Crippen molar-refractivity contribution in [3.63, 3.8) is 0 Å². The molecule has 0 saturated carbocycles. The van der Waals surface area contributed by atoms with Gasteiger partial charge in [0.15, 0.2) is 0 Å². The zero-order valence-corrected chi connectivity index (χ0v) is 4.72. The average molecular weight is 102 g/mol. The Labute approximate surface area is 43.4 Å². The Morgan fingerprint density at radius 2 is 1.57 bits per heavy atom. The van der Waals surface area contributed by atoms with Crippen LogP contribution in [0, 0.1) is 0 Å². The minimum atomic E-state index is 0.733. The summed E-state index contributed by atoms with van der Waals surface area (Å²) in [5.74, 6) is 0. The van der Waals surface area contributed by atoms with Gasteiger partial charge in [-0.05, 0) is 0 Å². The predicted molar refractivity (Wildman–Crippen MR) is 26.3 cm³/mol. The normalized spacial score (nSPS) is 26.6. The largest absolute Gasteiger partial charge is 0.348 e. The molecule has 1 heterocycles. The van der Waals surface area contributed by atoms with Crippen molar-refractivity contribution in [3.05, 3.63) is 0 Å². The number of hydrogen-bond donors (Lipinski definition) is 0. The zero-order valence-electron chi connectivity index (χ0n) is 4.72. The number of hydrogen-bond acceptors (Lipinski definition) is 3. The van der Waals surface area contributed by atoms with E-state index < -0.39 is 0 Å². The molecule has 1 aliphatic heterocycles. The van der Waals surface area contributed by atoms with Crippen molar-refractivity contribution < 1.29 is 4.74 Å². The van der Waals surface area contributed by atoms with Crippen LogP contribution in [0.1, 0.15) is 0 Å². The molecule has 0 aliphatic carbocycles. The minimum Gasteiger partial charge on any atom is -0.348 e. The number of nitrogens with zero attached hydrogens (tertiary/aromatic N) is 2. The first kappa shape index (κ1) is 5.03. The zero-order chi connectivity index (χ0) is 5.28. The van der Waals surface area contributed by atoms with Gasteiger partial charge in [0.05, 0.1) is 0 Å². The quantitative estimate of drug-likeness (QED) is 0.418. The van der Waals surface area contributed by atoms with Gasteiger partial charge in [0.2, 0.25) is 0 Å². The standard InChI is InChI=1S/C4H10N2O/c1-5-3-7-4-6(5)2/h3-4H2,1-2H3. The fraction of sp³-hybridized carbons (Fsp3) is 1.00. The highest BCUT2D eigenvalue weighted by Gasteiger charge is 2.11. The molecule has 1 fully saturated rings. The van der Waals surface area contributed by atoms with Gasteiger partial charge in [-0.15, -0.1) is 0 Å². The van der Waals surface area contributed by atoms with Crippen LogP contribution < -0.4 is 0 Å². The molecule has 7 heavy (non-hydrogen) atoms. The van der Waals surface area contributed by atoms with Crippen LogP contribution in [-0.2, 0) is 4.74 Å². The first-order valence-electron chi connectivity index (χ1n) is 2.30. The van der Waals surface area contributed by atoms with Crippen LogP contribution in [0.2, 0.25) is 0 Å². The lowest BCUT2D eigenvalue weighted by Crippen LogP contribution is -2.28. The van der Waals surface area contributed by atoms with Gasteiger partial charge in [0, 0.05) is 14.1 Å². The van der Waals surface area contributed by atoms with Gasteiger partial charge < -0.3 is 4.74 Å². The highest BCUT2D eigenvalue weighted by molar-refractivity contribution is 4.41. The Morgan fingerprint density at radius 1 is 1.14 bits per heavy atom. The summed E-state index contributed by atoms with van der Waals surface area (Å²) in [5.41, 5.74) is 0. The van der Waals surface area contributed by atoms with E-state index >= 15 is 0 Å². The van der Waals surface area contributed by atoms with E-state index in [0.717, 1.165) is 13.5 Å². The van der Waals surface area contributed by atoms with E-state index in [1.807, 2.05) is 24.1 Å². The SMILES string of the molecule is CN1COCN1C. The lowest BCUT2D eigenvalue weighted by Gasteiger charge is -2.13. The second kappa shape index (κ2) is 1.78. The summed E-state index contributed by atoms with van der Waals surface area (Å²) < 4.78 is 5.02. The molecule has 0 radical (unpaired) electrons. The van der Waals surface area contributed by atoms with Crippen molar-refractivity contribution in [1.82, 2.24) is 10.0 Å². The van der Waals surface area contributed by atoms with E-state index in [-0.39, 0.29) is 0 Å². The third-order valence-corrected chi connectivity index (χ3v) is 1.14. The molecule has 1 rings (SSSR count). The van der Waals surface area contributed by atoms with Crippen molar-refractivity contribution >= 4 is 0 Å². The van der Waals surface area contributed by atoms with Gasteiger partial charge in [0.25, 0.3) is 0 Å². The Bertz CT molecular complexity index is 58.7. The summed E-state index contributed by atoms with van der Waals surface area (Å²) in [6.45, 7) is 1.47. The second-order valence-corrected chi connectivity index (χ2v) is 1.78. The molecule has 1 saturated heterocycles. The van der Waals surface area contributed by atoms with Crippen molar-refractivity contribution in [2.24, 2.45) is 0 Å². The van der Waals surface area contributed by atoms with Crippen LogP contribution >= 0.6 is 0 Å². The van der Waals surface area contributed by atoms with Crippen molar-refractivity contribution in [2.45, 2.75) is 0 Å². The molecule has 1 aliphatic rings. The minimum absolute atomic E-state index is 0.733. The summed E-state index contributed by atoms with van der Waals surface area (Å²) >= 11 is 0. The molecule has 0 atom stereocenters. The molecular weight excluding hydrogens is 92.1 g/mol. The first-order valence-corrected chi connectivity index (χ1v) is 2.30. The summed E-state index contributed by atoms with van der Waals surface area (Å²) in [6.07, 6.45) is 0. The van der Waals surface area contributed by atoms with Crippen LogP contribution in [0.3, 0.4) is 0 Å². The van der Waals surface area contributed by atoms with Gasteiger partial charge >= 0.3 is 0 Å². The van der Waals surface area contributed by atoms with Gasteiger partial charge in [-0.1, -0.05) is 0 Å². The second-order valence-electron chi connectivity index (χ2n) is 1.78. The topological polar surface area (TPSA) is 15.7 Å². The fourth-order valence-electron chi connectivity index (χ4n) is 0.502. The van der Waals surface area contributed by atoms with Crippen LogP contribution in [0.15, 0.2) is 0 Å². The molecule has 0 aromatic rings. The van der Waals surface area contributed by atoms with Gasteiger partial charge in [-0.2, -0.15) is 0 Å². The van der Waals surface area contributed by atoms with E-state index in [4.69, 9.17) is 4.74 Å². The van der Waals surface area contributed by atoms with Gasteiger partial charge in [0.1, 0.15) is 13.5 Å². The van der Waals surface area contributed by atoms with Gasteiger partial charge in [-0.3, -0.25) is 0 Å². The van der Waals surface area contributed by atoms with E-state index in [2.05, 4.69) is 0 Å². The van der Waals surface area contributed by atoms with Crippen molar-refractivity contribution in [3.8, 4) is 0 Å². The number of ether oxygens (including phenoxy) is 1. The Balaban J connectivity index is 2.33. The number of rotatable bonds is 0. The molecule has 0 aromatic heterocycles. The maximum Gasteiger partial charge on any atom is 0.113 e. The lowest BCUT2D eigenvalue weighted by atomic mass is 11.0. The molecule has 0 unspecified atom stereocenters. The van der Waals surface area contributed by atoms with E-state index in [1.54, 1.807) is 0 Å². The van der Waals surface area contributed by atoms with Crippen LogP contribution in [0.5, 0.6) is 0 Å². The molecule has 0 aromatic carbocycles. The van der Waals surface area contributed by atoms with Crippen LogP contribution in [0.4, 0.5) is 0 Å². The monoisotopic (exact) mass is 102 g/mol. The smallest absolute Gasteiger partial charge is 0.113 e. The fourth-order valence-corrected chi connectivity index (χ4v) is 0.502. The summed E-state index contributed by atoms with van der Waals surface area (Å²) in [4.78, 5) is 0. The summed E-state index contributed by atoms with van der Waals surface area (Å²) in [7, 11) is 3.99. The highest BCUT2D eigenvalue weighted by atomic mass is 16.5. The Morgan fingerprint density at radius 3 is 1.71 bits per heavy atom. The Hall–Kier alpha value is -0.120. The maximum atomic E-state index is 5.02. The molecule has 0 N–H and O–H groups in total. The molecule has 42 valence electrons. The first-order chi connectivity index (χ1) is 3.30. The summed E-state index contributed by atoms with van der Waals surface area (Å²) in [5, 5.41) is 4.03. The molecule has 3 nitrogen and oxygen atoms in total. The highest BCUT2D eigenvalue weighted by Crippen LogP contribution is 1.98.